The molecule has 0 saturated carbocycles. The summed E-state index contributed by atoms with van der Waals surface area (Å²) in [6.07, 6.45) is 0. The van der Waals surface area contributed by atoms with Crippen molar-refractivity contribution in [3.8, 4) is 5.75 Å². The molecule has 4 nitrogen and oxygen atoms in total. The third-order valence-corrected chi connectivity index (χ3v) is 3.90. The molecule has 5 heteroatoms. The van der Waals surface area contributed by atoms with Crippen molar-refractivity contribution in [1.82, 2.24) is 9.88 Å². The van der Waals surface area contributed by atoms with Crippen LogP contribution in [0.2, 0.25) is 0 Å². The molecule has 0 saturated heterocycles. The lowest BCUT2D eigenvalue weighted by Gasteiger charge is -2.07. The van der Waals surface area contributed by atoms with Crippen LogP contribution < -0.4 is 10.1 Å². The van der Waals surface area contributed by atoms with Gasteiger partial charge in [-0.3, -0.25) is 4.79 Å². The first-order chi connectivity index (χ1) is 11.1. The van der Waals surface area contributed by atoms with Gasteiger partial charge in [0.15, 0.2) is 0 Å². The molecule has 0 aliphatic heterocycles. The fourth-order valence-corrected chi connectivity index (χ4v) is 2.64. The average molecular weight is 312 g/mol. The molecule has 118 valence electrons. The number of nitrogens with zero attached hydrogens (tertiary/aromatic N) is 1. The summed E-state index contributed by atoms with van der Waals surface area (Å²) in [6, 6.07) is 13.8. The van der Waals surface area contributed by atoms with E-state index in [2.05, 4.69) is 5.32 Å². The lowest BCUT2D eigenvalue weighted by molar-refractivity contribution is 0.0943. The maximum atomic E-state index is 13.6. The van der Waals surface area contributed by atoms with Gasteiger partial charge in [0.2, 0.25) is 0 Å². The predicted molar refractivity (Wildman–Crippen MR) is 87.0 cm³/mol. The molecule has 0 atom stereocenters. The predicted octanol–water partition coefficient (Wildman–Crippen LogP) is 3.26. The Labute approximate surface area is 133 Å². The molecule has 1 amide bonds. The van der Waals surface area contributed by atoms with Gasteiger partial charge in [-0.2, -0.15) is 0 Å². The normalized spacial score (nSPS) is 10.7. The maximum Gasteiger partial charge on any atom is 0.268 e. The molecule has 0 unspecified atom stereocenters. The van der Waals surface area contributed by atoms with Crippen LogP contribution in [0.5, 0.6) is 5.75 Å². The van der Waals surface area contributed by atoms with Gasteiger partial charge < -0.3 is 14.6 Å². The number of methoxy groups -OCH3 is 1. The summed E-state index contributed by atoms with van der Waals surface area (Å²) in [7, 11) is 3.42. The Morgan fingerprint density at radius 1 is 1.22 bits per heavy atom. The third-order valence-electron chi connectivity index (χ3n) is 3.90. The van der Waals surface area contributed by atoms with Gasteiger partial charge >= 0.3 is 0 Å². The van der Waals surface area contributed by atoms with Gasteiger partial charge in [-0.05, 0) is 24.3 Å². The van der Waals surface area contributed by atoms with Gasteiger partial charge in [0.05, 0.1) is 12.6 Å². The molecule has 0 fully saturated rings. The summed E-state index contributed by atoms with van der Waals surface area (Å²) >= 11 is 0. The minimum Gasteiger partial charge on any atom is -0.496 e. The largest absolute Gasteiger partial charge is 0.496 e. The van der Waals surface area contributed by atoms with Gasteiger partial charge in [-0.15, -0.1) is 0 Å². The van der Waals surface area contributed by atoms with Crippen LogP contribution >= 0.6 is 0 Å². The van der Waals surface area contributed by atoms with E-state index in [9.17, 15) is 9.18 Å². The fraction of sp³-hybridized carbons (Fsp3) is 0.167. The molecule has 0 bridgehead atoms. The molecule has 3 rings (SSSR count). The minimum atomic E-state index is -0.327. The number of amides is 1. The van der Waals surface area contributed by atoms with Crippen molar-refractivity contribution in [3.63, 3.8) is 0 Å². The zero-order valence-corrected chi connectivity index (χ0v) is 13.0. The van der Waals surface area contributed by atoms with Crippen molar-refractivity contribution in [2.45, 2.75) is 6.54 Å². The van der Waals surface area contributed by atoms with E-state index in [0.717, 1.165) is 10.9 Å². The molecule has 1 heterocycles. The standard InChI is InChI=1S/C18H17FN2O2/c1-21-15-8-5-9-17(23-2)13(15)10-16(21)18(22)20-11-12-6-3-4-7-14(12)19/h3-10H,11H2,1-2H3,(H,20,22). The smallest absolute Gasteiger partial charge is 0.268 e. The van der Waals surface area contributed by atoms with Gasteiger partial charge in [0.1, 0.15) is 17.3 Å². The van der Waals surface area contributed by atoms with Crippen molar-refractivity contribution >= 4 is 16.8 Å². The Kier molecular flexibility index (Phi) is 4.02. The Hall–Kier alpha value is -2.82. The van der Waals surface area contributed by atoms with Crippen molar-refractivity contribution in [1.29, 1.82) is 0 Å². The van der Waals surface area contributed by atoms with Crippen LogP contribution in [0.25, 0.3) is 10.9 Å². The number of nitrogens with one attached hydrogen (secondary N) is 1. The fourth-order valence-electron chi connectivity index (χ4n) is 2.64. The Morgan fingerprint density at radius 3 is 2.74 bits per heavy atom. The summed E-state index contributed by atoms with van der Waals surface area (Å²) in [4.78, 5) is 12.4. The lowest BCUT2D eigenvalue weighted by atomic mass is 10.2. The van der Waals surface area contributed by atoms with E-state index in [1.54, 1.807) is 35.9 Å². The quantitative estimate of drug-likeness (QED) is 0.803. The maximum absolute atomic E-state index is 13.6. The van der Waals surface area contributed by atoms with Crippen LogP contribution in [-0.4, -0.2) is 17.6 Å². The highest BCUT2D eigenvalue weighted by Crippen LogP contribution is 2.28. The molecule has 0 aliphatic carbocycles. The number of halogens is 1. The zero-order valence-electron chi connectivity index (χ0n) is 13.0. The second kappa shape index (κ2) is 6.12. The summed E-state index contributed by atoms with van der Waals surface area (Å²) in [5.41, 5.74) is 1.86. The summed E-state index contributed by atoms with van der Waals surface area (Å²) < 4.78 is 20.7. The molecule has 3 aromatic rings. The monoisotopic (exact) mass is 312 g/mol. The van der Waals surface area contributed by atoms with Crippen LogP contribution in [-0.2, 0) is 13.6 Å². The van der Waals surface area contributed by atoms with Gasteiger partial charge in [-0.1, -0.05) is 24.3 Å². The van der Waals surface area contributed by atoms with Crippen molar-refractivity contribution in [2.24, 2.45) is 7.05 Å². The number of rotatable bonds is 4. The topological polar surface area (TPSA) is 43.3 Å². The Bertz CT molecular complexity index is 871. The van der Waals surface area contributed by atoms with E-state index in [-0.39, 0.29) is 18.3 Å². The average Bonchev–Trinajstić information content (AvgIpc) is 2.91. The highest BCUT2D eigenvalue weighted by Gasteiger charge is 2.15. The van der Waals surface area contributed by atoms with Crippen LogP contribution in [0.3, 0.4) is 0 Å². The lowest BCUT2D eigenvalue weighted by Crippen LogP contribution is -2.25. The van der Waals surface area contributed by atoms with E-state index in [0.29, 0.717) is 17.0 Å². The van der Waals surface area contributed by atoms with E-state index < -0.39 is 0 Å². The minimum absolute atomic E-state index is 0.143. The number of aromatic nitrogens is 1. The number of carbonyl (C=O) groups excluding carboxylic acids is 1. The van der Waals surface area contributed by atoms with Crippen molar-refractivity contribution in [2.75, 3.05) is 7.11 Å². The zero-order chi connectivity index (χ0) is 16.4. The summed E-state index contributed by atoms with van der Waals surface area (Å²) in [5, 5.41) is 3.62. The molecule has 0 radical (unpaired) electrons. The van der Waals surface area contributed by atoms with Gasteiger partial charge in [0, 0.05) is 24.5 Å². The molecule has 1 aromatic heterocycles. The van der Waals surface area contributed by atoms with Crippen molar-refractivity contribution in [3.05, 3.63) is 65.6 Å². The number of fused-ring (bicyclic) bond motifs is 1. The molecule has 0 spiro atoms. The number of hydrogen-bond donors (Lipinski definition) is 1. The first-order valence-electron chi connectivity index (χ1n) is 7.26. The van der Waals surface area contributed by atoms with Gasteiger partial charge in [0.25, 0.3) is 5.91 Å². The third kappa shape index (κ3) is 2.77. The second-order valence-corrected chi connectivity index (χ2v) is 5.26. The first kappa shape index (κ1) is 15.1. The number of hydrogen-bond acceptors (Lipinski definition) is 2. The Balaban J connectivity index is 1.87. The van der Waals surface area contributed by atoms with E-state index in [1.807, 2.05) is 25.2 Å². The molecule has 2 aromatic carbocycles. The molecule has 0 aliphatic rings. The van der Waals surface area contributed by atoms with E-state index >= 15 is 0 Å². The van der Waals surface area contributed by atoms with Gasteiger partial charge in [-0.25, -0.2) is 4.39 Å². The van der Waals surface area contributed by atoms with E-state index in [4.69, 9.17) is 4.74 Å². The SMILES string of the molecule is COc1cccc2c1cc(C(=O)NCc1ccccc1F)n2C. The van der Waals surface area contributed by atoms with Crippen molar-refractivity contribution < 1.29 is 13.9 Å². The second-order valence-electron chi connectivity index (χ2n) is 5.26. The molecule has 23 heavy (non-hydrogen) atoms. The number of ether oxygens (including phenoxy) is 1. The number of benzene rings is 2. The first-order valence-corrected chi connectivity index (χ1v) is 7.26. The molecule has 1 N–H and O–H groups in total. The number of carbonyl (C=O) groups is 1. The molecular formula is C18H17FN2O2. The molecular weight excluding hydrogens is 295 g/mol. The van der Waals surface area contributed by atoms with Crippen LogP contribution in [0.15, 0.2) is 48.5 Å². The highest BCUT2D eigenvalue weighted by atomic mass is 19.1. The highest BCUT2D eigenvalue weighted by molar-refractivity contribution is 6.00. The number of aryl methyl sites for hydroxylation is 1. The van der Waals surface area contributed by atoms with Crippen LogP contribution in [0.4, 0.5) is 4.39 Å². The van der Waals surface area contributed by atoms with Crippen LogP contribution in [0, 0.1) is 5.82 Å². The summed E-state index contributed by atoms with van der Waals surface area (Å²) in [6.45, 7) is 0.143. The Morgan fingerprint density at radius 2 is 2.00 bits per heavy atom. The van der Waals surface area contributed by atoms with E-state index in [1.165, 1.54) is 6.07 Å². The summed E-state index contributed by atoms with van der Waals surface area (Å²) in [5.74, 6) is 0.131. The van der Waals surface area contributed by atoms with Crippen LogP contribution in [0.1, 0.15) is 16.1 Å².